The highest BCUT2D eigenvalue weighted by molar-refractivity contribution is 5.29. The molecule has 0 radical (unpaired) electrons. The van der Waals surface area contributed by atoms with Gasteiger partial charge in [-0.25, -0.2) is 0 Å². The smallest absolute Gasteiger partial charge is 0.0791 e. The number of aliphatic hydroxyl groups is 1. The quantitative estimate of drug-likeness (QED) is 0.810. The van der Waals surface area contributed by atoms with Crippen LogP contribution in [-0.4, -0.2) is 51.6 Å². The lowest BCUT2D eigenvalue weighted by atomic mass is 10.00. The van der Waals surface area contributed by atoms with Crippen LogP contribution in [0.25, 0.3) is 0 Å². The van der Waals surface area contributed by atoms with Crippen molar-refractivity contribution in [2.24, 2.45) is 0 Å². The van der Waals surface area contributed by atoms with Crippen LogP contribution in [0.3, 0.4) is 0 Å². The number of β-amino-alcohol motifs (C(OH)–C–C–N with tert-alkyl or cyclic N) is 1. The lowest BCUT2D eigenvalue weighted by Crippen LogP contribution is -2.44. The van der Waals surface area contributed by atoms with Crippen molar-refractivity contribution in [3.8, 4) is 0 Å². The maximum absolute atomic E-state index is 10.4. The Morgan fingerprint density at radius 3 is 2.72 bits per heavy atom. The van der Waals surface area contributed by atoms with Crippen molar-refractivity contribution in [3.05, 3.63) is 53.3 Å². The highest BCUT2D eigenvalue weighted by Crippen LogP contribution is 2.18. The Morgan fingerprint density at radius 2 is 2.00 bits per heavy atom. The number of hydrogen-bond acceptors (Lipinski definition) is 4. The summed E-state index contributed by atoms with van der Waals surface area (Å²) >= 11 is 0. The number of hydrogen-bond donors (Lipinski definition) is 2. The molecule has 1 aliphatic heterocycles. The topological polar surface area (TPSA) is 53.3 Å². The van der Waals surface area contributed by atoms with Crippen molar-refractivity contribution in [1.82, 2.24) is 20.0 Å². The number of aliphatic hydroxyl groups excluding tert-OH is 1. The summed E-state index contributed by atoms with van der Waals surface area (Å²) in [7, 11) is 0. The normalized spacial score (nSPS) is 18.6. The van der Waals surface area contributed by atoms with Crippen molar-refractivity contribution in [2.75, 3.05) is 19.6 Å². The van der Waals surface area contributed by atoms with Crippen molar-refractivity contribution < 1.29 is 5.11 Å². The first kappa shape index (κ1) is 18.1. The van der Waals surface area contributed by atoms with Crippen molar-refractivity contribution in [1.29, 1.82) is 0 Å². The molecule has 3 atom stereocenters. The van der Waals surface area contributed by atoms with Crippen LogP contribution in [0.1, 0.15) is 36.6 Å². The summed E-state index contributed by atoms with van der Waals surface area (Å²) in [5, 5.41) is 18.3. The standard InChI is InChI=1S/C20H30N4O/c1-15-10-22-24(12-15)17(3)16(2)21-11-20(25)14-23-9-8-18-6-4-5-7-19(18)13-23/h4-7,10,12,16-17,20-21,25H,8-9,11,13-14H2,1-3H3/t16-,17-,20+/m1/s1. The van der Waals surface area contributed by atoms with E-state index in [0.717, 1.165) is 19.5 Å². The van der Waals surface area contributed by atoms with Crippen LogP contribution in [0.2, 0.25) is 0 Å². The predicted octanol–water partition coefficient (Wildman–Crippen LogP) is 2.15. The molecule has 1 aromatic carbocycles. The lowest BCUT2D eigenvalue weighted by molar-refractivity contribution is 0.100. The fraction of sp³-hybridized carbons (Fsp3) is 0.550. The van der Waals surface area contributed by atoms with Gasteiger partial charge in [0.25, 0.3) is 0 Å². The van der Waals surface area contributed by atoms with Gasteiger partial charge in [0.1, 0.15) is 0 Å². The molecule has 0 spiro atoms. The average molecular weight is 342 g/mol. The Bertz CT molecular complexity index is 684. The monoisotopic (exact) mass is 342 g/mol. The zero-order valence-corrected chi connectivity index (χ0v) is 15.5. The van der Waals surface area contributed by atoms with E-state index in [-0.39, 0.29) is 18.2 Å². The molecule has 3 rings (SSSR count). The minimum absolute atomic E-state index is 0.246. The van der Waals surface area contributed by atoms with E-state index in [4.69, 9.17) is 0 Å². The fourth-order valence-electron chi connectivity index (χ4n) is 3.45. The molecular weight excluding hydrogens is 312 g/mol. The van der Waals surface area contributed by atoms with E-state index >= 15 is 0 Å². The molecular formula is C20H30N4O. The van der Waals surface area contributed by atoms with Crippen LogP contribution in [0.4, 0.5) is 0 Å². The minimum atomic E-state index is -0.362. The van der Waals surface area contributed by atoms with Gasteiger partial charge < -0.3 is 10.4 Å². The van der Waals surface area contributed by atoms with E-state index in [2.05, 4.69) is 66.5 Å². The molecule has 2 heterocycles. The second kappa shape index (κ2) is 8.13. The second-order valence-corrected chi connectivity index (χ2v) is 7.34. The molecule has 25 heavy (non-hydrogen) atoms. The molecule has 1 aromatic heterocycles. The van der Waals surface area contributed by atoms with Gasteiger partial charge in [0.2, 0.25) is 0 Å². The average Bonchev–Trinajstić information content (AvgIpc) is 3.05. The summed E-state index contributed by atoms with van der Waals surface area (Å²) in [6, 6.07) is 9.11. The van der Waals surface area contributed by atoms with Gasteiger partial charge in [-0.15, -0.1) is 0 Å². The molecule has 1 aliphatic rings. The first-order valence-electron chi connectivity index (χ1n) is 9.24. The lowest BCUT2D eigenvalue weighted by Gasteiger charge is -2.31. The highest BCUT2D eigenvalue weighted by Gasteiger charge is 2.20. The third-order valence-electron chi connectivity index (χ3n) is 5.23. The number of benzene rings is 1. The third kappa shape index (κ3) is 4.69. The first-order valence-corrected chi connectivity index (χ1v) is 9.24. The second-order valence-electron chi connectivity index (χ2n) is 7.34. The summed E-state index contributed by atoms with van der Waals surface area (Å²) < 4.78 is 1.99. The Morgan fingerprint density at radius 1 is 1.24 bits per heavy atom. The summed E-state index contributed by atoms with van der Waals surface area (Å²) in [6.07, 6.45) is 4.65. The number of aromatic nitrogens is 2. The van der Waals surface area contributed by atoms with Crippen molar-refractivity contribution in [2.45, 2.75) is 51.9 Å². The number of rotatable bonds is 7. The summed E-state index contributed by atoms with van der Waals surface area (Å²) in [6.45, 7) is 9.62. The summed E-state index contributed by atoms with van der Waals surface area (Å²) in [4.78, 5) is 2.35. The maximum atomic E-state index is 10.4. The third-order valence-corrected chi connectivity index (χ3v) is 5.23. The minimum Gasteiger partial charge on any atom is -0.390 e. The molecule has 0 fully saturated rings. The number of fused-ring (bicyclic) bond motifs is 1. The Hall–Kier alpha value is -1.69. The SMILES string of the molecule is Cc1cnn([C@H](C)[C@@H](C)NC[C@H](O)CN2CCc3ccccc3C2)c1. The van der Waals surface area contributed by atoms with E-state index in [1.165, 1.54) is 16.7 Å². The molecule has 5 nitrogen and oxygen atoms in total. The van der Waals surface area contributed by atoms with Gasteiger partial charge in [0.05, 0.1) is 18.3 Å². The molecule has 2 N–H and O–H groups in total. The van der Waals surface area contributed by atoms with Gasteiger partial charge in [0, 0.05) is 38.4 Å². The predicted molar refractivity (Wildman–Crippen MR) is 101 cm³/mol. The van der Waals surface area contributed by atoms with Crippen LogP contribution in [0.15, 0.2) is 36.7 Å². The summed E-state index contributed by atoms with van der Waals surface area (Å²) in [5.41, 5.74) is 4.01. The first-order chi connectivity index (χ1) is 12.0. The maximum Gasteiger partial charge on any atom is 0.0791 e. The number of aryl methyl sites for hydroxylation is 1. The van der Waals surface area contributed by atoms with Gasteiger partial charge in [0.15, 0.2) is 0 Å². The van der Waals surface area contributed by atoms with E-state index < -0.39 is 0 Å². The van der Waals surface area contributed by atoms with Crippen LogP contribution >= 0.6 is 0 Å². The Kier molecular flexibility index (Phi) is 5.89. The largest absolute Gasteiger partial charge is 0.390 e. The highest BCUT2D eigenvalue weighted by atomic mass is 16.3. The van der Waals surface area contributed by atoms with Gasteiger partial charge in [-0.3, -0.25) is 9.58 Å². The van der Waals surface area contributed by atoms with Crippen LogP contribution < -0.4 is 5.32 Å². The molecule has 0 amide bonds. The van der Waals surface area contributed by atoms with Crippen LogP contribution in [0.5, 0.6) is 0 Å². The molecule has 0 saturated heterocycles. The molecule has 0 aliphatic carbocycles. The van der Waals surface area contributed by atoms with E-state index in [9.17, 15) is 5.11 Å². The molecule has 136 valence electrons. The Labute approximate surface area is 150 Å². The van der Waals surface area contributed by atoms with E-state index in [1.54, 1.807) is 0 Å². The number of nitrogens with zero attached hydrogens (tertiary/aromatic N) is 3. The fourth-order valence-corrected chi connectivity index (χ4v) is 3.45. The Balaban J connectivity index is 1.44. The van der Waals surface area contributed by atoms with Gasteiger partial charge in [-0.2, -0.15) is 5.10 Å². The molecule has 0 unspecified atom stereocenters. The van der Waals surface area contributed by atoms with Gasteiger partial charge >= 0.3 is 0 Å². The van der Waals surface area contributed by atoms with Crippen LogP contribution in [-0.2, 0) is 13.0 Å². The van der Waals surface area contributed by atoms with Gasteiger partial charge in [-0.05, 0) is 43.9 Å². The van der Waals surface area contributed by atoms with Crippen molar-refractivity contribution >= 4 is 0 Å². The molecule has 5 heteroatoms. The zero-order chi connectivity index (χ0) is 17.8. The van der Waals surface area contributed by atoms with Gasteiger partial charge in [-0.1, -0.05) is 24.3 Å². The van der Waals surface area contributed by atoms with E-state index in [0.29, 0.717) is 13.1 Å². The molecule has 0 saturated carbocycles. The van der Waals surface area contributed by atoms with Crippen LogP contribution in [0, 0.1) is 6.92 Å². The summed E-state index contributed by atoms with van der Waals surface area (Å²) in [5.74, 6) is 0. The molecule has 0 bridgehead atoms. The van der Waals surface area contributed by atoms with Crippen molar-refractivity contribution in [3.63, 3.8) is 0 Å². The zero-order valence-electron chi connectivity index (χ0n) is 15.5. The van der Waals surface area contributed by atoms with E-state index in [1.807, 2.05) is 10.9 Å². The molecule has 2 aromatic rings. The number of nitrogens with one attached hydrogen (secondary N) is 1.